The van der Waals surface area contributed by atoms with E-state index in [1.165, 1.54) is 25.7 Å². The van der Waals surface area contributed by atoms with E-state index in [4.69, 9.17) is 0 Å². The van der Waals surface area contributed by atoms with Crippen molar-refractivity contribution >= 4 is 11.6 Å². The van der Waals surface area contributed by atoms with Crippen LogP contribution in [0.2, 0.25) is 0 Å². The van der Waals surface area contributed by atoms with Gasteiger partial charge in [0.2, 0.25) is 0 Å². The van der Waals surface area contributed by atoms with Gasteiger partial charge in [0.15, 0.2) is 0 Å². The molecule has 2 N–H and O–H groups in total. The highest BCUT2D eigenvalue weighted by molar-refractivity contribution is 5.48. The molecule has 4 nitrogen and oxygen atoms in total. The largest absolute Gasteiger partial charge is 0.367 e. The molecule has 0 aliphatic heterocycles. The summed E-state index contributed by atoms with van der Waals surface area (Å²) in [5.74, 6) is 1.90. The Morgan fingerprint density at radius 1 is 0.929 bits per heavy atom. The summed E-state index contributed by atoms with van der Waals surface area (Å²) in [6, 6.07) is 3.30. The Morgan fingerprint density at radius 2 is 1.43 bits per heavy atom. The highest BCUT2D eigenvalue weighted by atomic mass is 15.1. The van der Waals surface area contributed by atoms with Crippen LogP contribution in [-0.4, -0.2) is 22.1 Å². The SMILES string of the molecule is c1nc(NC2CC2)cc(NC2CC2)n1. The van der Waals surface area contributed by atoms with Gasteiger partial charge in [-0.15, -0.1) is 0 Å². The minimum absolute atomic E-state index is 0.652. The summed E-state index contributed by atoms with van der Waals surface area (Å²) in [6.45, 7) is 0. The fourth-order valence-corrected chi connectivity index (χ4v) is 1.39. The molecule has 0 spiro atoms. The van der Waals surface area contributed by atoms with Gasteiger partial charge in [-0.3, -0.25) is 0 Å². The van der Waals surface area contributed by atoms with Crippen LogP contribution >= 0.6 is 0 Å². The van der Waals surface area contributed by atoms with Gasteiger partial charge in [0.05, 0.1) is 0 Å². The monoisotopic (exact) mass is 190 g/mol. The van der Waals surface area contributed by atoms with E-state index in [0.29, 0.717) is 12.1 Å². The zero-order valence-corrected chi connectivity index (χ0v) is 8.03. The van der Waals surface area contributed by atoms with Gasteiger partial charge in [0.25, 0.3) is 0 Å². The van der Waals surface area contributed by atoms with Crippen LogP contribution in [0.25, 0.3) is 0 Å². The van der Waals surface area contributed by atoms with Crippen molar-refractivity contribution in [2.24, 2.45) is 0 Å². The fourth-order valence-electron chi connectivity index (χ4n) is 1.39. The van der Waals surface area contributed by atoms with Crippen LogP contribution in [0, 0.1) is 0 Å². The molecule has 74 valence electrons. The number of rotatable bonds is 4. The Hall–Kier alpha value is -1.32. The Bertz CT molecular complexity index is 301. The molecule has 2 fully saturated rings. The third-order valence-corrected chi connectivity index (χ3v) is 2.53. The van der Waals surface area contributed by atoms with Gasteiger partial charge in [-0.2, -0.15) is 0 Å². The van der Waals surface area contributed by atoms with E-state index in [-0.39, 0.29) is 0 Å². The lowest BCUT2D eigenvalue weighted by molar-refractivity contribution is 1.05. The van der Waals surface area contributed by atoms with Crippen molar-refractivity contribution in [2.75, 3.05) is 10.6 Å². The maximum absolute atomic E-state index is 4.19. The first kappa shape index (κ1) is 8.03. The predicted molar refractivity (Wildman–Crippen MR) is 55.3 cm³/mol. The molecule has 0 aromatic carbocycles. The summed E-state index contributed by atoms with van der Waals surface area (Å²) in [7, 11) is 0. The number of anilines is 2. The Kier molecular flexibility index (Phi) is 1.79. The second-order valence-corrected chi connectivity index (χ2v) is 4.13. The number of aromatic nitrogens is 2. The Labute approximate surface area is 83.1 Å². The van der Waals surface area contributed by atoms with Gasteiger partial charge < -0.3 is 10.6 Å². The van der Waals surface area contributed by atoms with Crippen LogP contribution in [0.15, 0.2) is 12.4 Å². The lowest BCUT2D eigenvalue weighted by atomic mass is 10.5. The van der Waals surface area contributed by atoms with Gasteiger partial charge in [-0.25, -0.2) is 9.97 Å². The van der Waals surface area contributed by atoms with Gasteiger partial charge in [-0.1, -0.05) is 0 Å². The molecule has 14 heavy (non-hydrogen) atoms. The van der Waals surface area contributed by atoms with Crippen molar-refractivity contribution < 1.29 is 0 Å². The van der Waals surface area contributed by atoms with Crippen LogP contribution in [0.5, 0.6) is 0 Å². The van der Waals surface area contributed by atoms with Crippen molar-refractivity contribution in [3.05, 3.63) is 12.4 Å². The molecule has 1 aromatic heterocycles. The smallest absolute Gasteiger partial charge is 0.131 e. The highest BCUT2D eigenvalue weighted by Crippen LogP contribution is 2.26. The van der Waals surface area contributed by atoms with Crippen molar-refractivity contribution in [3.63, 3.8) is 0 Å². The lowest BCUT2D eigenvalue weighted by Crippen LogP contribution is -2.07. The van der Waals surface area contributed by atoms with Crippen LogP contribution < -0.4 is 10.6 Å². The normalized spacial score (nSPS) is 20.6. The molecule has 0 amide bonds. The molecule has 2 aliphatic carbocycles. The van der Waals surface area contributed by atoms with Crippen molar-refractivity contribution in [1.29, 1.82) is 0 Å². The molecule has 0 atom stereocenters. The van der Waals surface area contributed by atoms with Gasteiger partial charge in [-0.05, 0) is 25.7 Å². The minimum Gasteiger partial charge on any atom is -0.367 e. The standard InChI is InChI=1S/C10H14N4/c1-2-7(1)13-9-5-10(12-6-11-9)14-8-3-4-8/h5-8H,1-4H2,(H2,11,12,13,14). The van der Waals surface area contributed by atoms with Crippen LogP contribution in [-0.2, 0) is 0 Å². The zero-order chi connectivity index (χ0) is 9.38. The summed E-state index contributed by atoms with van der Waals surface area (Å²) in [4.78, 5) is 8.37. The van der Waals surface area contributed by atoms with E-state index in [0.717, 1.165) is 11.6 Å². The molecule has 1 aromatic rings. The van der Waals surface area contributed by atoms with E-state index >= 15 is 0 Å². The Balaban J connectivity index is 1.68. The molecular weight excluding hydrogens is 176 g/mol. The summed E-state index contributed by atoms with van der Waals surface area (Å²) in [5, 5.41) is 6.72. The van der Waals surface area contributed by atoms with Crippen LogP contribution in [0.4, 0.5) is 11.6 Å². The third-order valence-electron chi connectivity index (χ3n) is 2.53. The predicted octanol–water partition coefficient (Wildman–Crippen LogP) is 1.63. The maximum Gasteiger partial charge on any atom is 0.131 e. The van der Waals surface area contributed by atoms with Gasteiger partial charge in [0, 0.05) is 18.2 Å². The first-order valence-electron chi connectivity index (χ1n) is 5.25. The molecule has 2 saturated carbocycles. The number of hydrogen-bond acceptors (Lipinski definition) is 4. The number of hydrogen-bond donors (Lipinski definition) is 2. The van der Waals surface area contributed by atoms with Crippen LogP contribution in [0.3, 0.4) is 0 Å². The summed E-state index contributed by atoms with van der Waals surface area (Å²) in [6.07, 6.45) is 6.71. The third kappa shape index (κ3) is 1.95. The fraction of sp³-hybridized carbons (Fsp3) is 0.600. The molecule has 2 aliphatic rings. The van der Waals surface area contributed by atoms with E-state index in [2.05, 4.69) is 20.6 Å². The molecule has 0 radical (unpaired) electrons. The number of nitrogens with one attached hydrogen (secondary N) is 2. The van der Waals surface area contributed by atoms with E-state index in [9.17, 15) is 0 Å². The molecule has 0 unspecified atom stereocenters. The van der Waals surface area contributed by atoms with Crippen molar-refractivity contribution in [2.45, 2.75) is 37.8 Å². The average Bonchev–Trinajstić information content (AvgIpc) is 3.00. The van der Waals surface area contributed by atoms with Gasteiger partial charge in [0.1, 0.15) is 18.0 Å². The highest BCUT2D eigenvalue weighted by Gasteiger charge is 2.23. The van der Waals surface area contributed by atoms with E-state index in [1.807, 2.05) is 6.07 Å². The molecular formula is C10H14N4. The first-order chi connectivity index (χ1) is 6.90. The topological polar surface area (TPSA) is 49.8 Å². The van der Waals surface area contributed by atoms with E-state index in [1.54, 1.807) is 6.33 Å². The quantitative estimate of drug-likeness (QED) is 0.757. The van der Waals surface area contributed by atoms with Crippen molar-refractivity contribution in [1.82, 2.24) is 9.97 Å². The summed E-state index contributed by atoms with van der Waals surface area (Å²) >= 11 is 0. The molecule has 3 rings (SSSR count). The second kappa shape index (κ2) is 3.12. The zero-order valence-electron chi connectivity index (χ0n) is 8.03. The number of nitrogens with zero attached hydrogens (tertiary/aromatic N) is 2. The van der Waals surface area contributed by atoms with Crippen molar-refractivity contribution in [3.8, 4) is 0 Å². The molecule has 4 heteroatoms. The van der Waals surface area contributed by atoms with E-state index < -0.39 is 0 Å². The van der Waals surface area contributed by atoms with Gasteiger partial charge >= 0.3 is 0 Å². The molecule has 1 heterocycles. The lowest BCUT2D eigenvalue weighted by Gasteiger charge is -2.06. The molecule has 0 saturated heterocycles. The summed E-state index contributed by atoms with van der Waals surface area (Å²) < 4.78 is 0. The maximum atomic E-state index is 4.19. The van der Waals surface area contributed by atoms with Crippen LogP contribution in [0.1, 0.15) is 25.7 Å². The minimum atomic E-state index is 0.652. The first-order valence-corrected chi connectivity index (χ1v) is 5.25. The molecule has 0 bridgehead atoms. The second-order valence-electron chi connectivity index (χ2n) is 4.13. The summed E-state index contributed by atoms with van der Waals surface area (Å²) in [5.41, 5.74) is 0. The Morgan fingerprint density at radius 3 is 1.86 bits per heavy atom. The average molecular weight is 190 g/mol.